The van der Waals surface area contributed by atoms with Crippen molar-refractivity contribution in [2.75, 3.05) is 0 Å². The van der Waals surface area contributed by atoms with Crippen LogP contribution in [-0.2, 0) is 6.42 Å². The molecule has 2 heterocycles. The Bertz CT molecular complexity index is 522. The number of aromatic carboxylic acids is 1. The molecule has 2 rings (SSSR count). The maximum atomic E-state index is 10.7. The van der Waals surface area contributed by atoms with Crippen LogP contribution in [0, 0.1) is 0 Å². The normalized spacial score (nSPS) is 10.3. The van der Waals surface area contributed by atoms with Gasteiger partial charge in [-0.1, -0.05) is 18.1 Å². The van der Waals surface area contributed by atoms with Crippen LogP contribution in [-0.4, -0.2) is 26.2 Å². The molecular formula is C10H9N3O3. The number of aryl methyl sites for hydroxylation is 1. The van der Waals surface area contributed by atoms with Crippen LogP contribution in [0.15, 0.2) is 22.7 Å². The summed E-state index contributed by atoms with van der Waals surface area (Å²) < 4.78 is 4.92. The lowest BCUT2D eigenvalue weighted by atomic mass is 10.3. The molecule has 0 aliphatic heterocycles. The van der Waals surface area contributed by atoms with E-state index < -0.39 is 5.97 Å². The van der Waals surface area contributed by atoms with Crippen LogP contribution < -0.4 is 0 Å². The quantitative estimate of drug-likeness (QED) is 0.839. The fourth-order valence-electron chi connectivity index (χ4n) is 1.18. The van der Waals surface area contributed by atoms with Crippen molar-refractivity contribution < 1.29 is 14.4 Å². The molecule has 0 radical (unpaired) electrons. The minimum atomic E-state index is -1.08. The molecule has 0 saturated heterocycles. The molecule has 0 spiro atoms. The molecule has 6 heteroatoms. The maximum Gasteiger partial charge on any atom is 0.354 e. The Kier molecular flexibility index (Phi) is 2.63. The van der Waals surface area contributed by atoms with Gasteiger partial charge in [0.2, 0.25) is 11.7 Å². The predicted molar refractivity (Wildman–Crippen MR) is 53.9 cm³/mol. The Hall–Kier alpha value is -2.24. The summed E-state index contributed by atoms with van der Waals surface area (Å²) in [6.45, 7) is 1.89. The third kappa shape index (κ3) is 1.90. The lowest BCUT2D eigenvalue weighted by Gasteiger charge is -1.95. The Morgan fingerprint density at radius 1 is 1.44 bits per heavy atom. The van der Waals surface area contributed by atoms with Crippen LogP contribution in [0.5, 0.6) is 0 Å². The highest BCUT2D eigenvalue weighted by Crippen LogP contribution is 2.13. The highest BCUT2D eigenvalue weighted by molar-refractivity contribution is 5.85. The molecular weight excluding hydrogens is 210 g/mol. The fourth-order valence-corrected chi connectivity index (χ4v) is 1.18. The van der Waals surface area contributed by atoms with Crippen molar-refractivity contribution in [3.8, 4) is 11.5 Å². The van der Waals surface area contributed by atoms with Gasteiger partial charge in [0.15, 0.2) is 0 Å². The van der Waals surface area contributed by atoms with Crippen molar-refractivity contribution >= 4 is 5.97 Å². The number of rotatable bonds is 3. The number of aromatic nitrogens is 3. The molecule has 0 aliphatic rings. The highest BCUT2D eigenvalue weighted by Gasteiger charge is 2.11. The standard InChI is InChI=1S/C10H9N3O3/c1-2-8-12-9(13-16-8)6-4-3-5-7(11-6)10(14)15/h3-5H,2H2,1H3,(H,14,15). The molecule has 0 saturated carbocycles. The van der Waals surface area contributed by atoms with E-state index in [1.54, 1.807) is 12.1 Å². The summed E-state index contributed by atoms with van der Waals surface area (Å²) in [5, 5.41) is 12.5. The van der Waals surface area contributed by atoms with E-state index in [1.807, 2.05) is 6.92 Å². The monoisotopic (exact) mass is 219 g/mol. The van der Waals surface area contributed by atoms with Gasteiger partial charge in [-0.15, -0.1) is 0 Å². The summed E-state index contributed by atoms with van der Waals surface area (Å²) in [5.41, 5.74) is 0.351. The van der Waals surface area contributed by atoms with Crippen molar-refractivity contribution in [1.29, 1.82) is 0 Å². The SMILES string of the molecule is CCc1nc(-c2cccc(C(=O)O)n2)no1. The first kappa shape index (κ1) is 10.3. The van der Waals surface area contributed by atoms with Gasteiger partial charge in [-0.3, -0.25) is 0 Å². The number of hydrogen-bond donors (Lipinski definition) is 1. The van der Waals surface area contributed by atoms with Crippen LogP contribution in [0.2, 0.25) is 0 Å². The second kappa shape index (κ2) is 4.09. The van der Waals surface area contributed by atoms with E-state index in [4.69, 9.17) is 9.63 Å². The van der Waals surface area contributed by atoms with Crippen LogP contribution in [0.3, 0.4) is 0 Å². The first-order chi connectivity index (χ1) is 7.70. The van der Waals surface area contributed by atoms with Gasteiger partial charge in [-0.2, -0.15) is 4.98 Å². The van der Waals surface area contributed by atoms with Gasteiger partial charge >= 0.3 is 5.97 Å². The number of carboxylic acids is 1. The molecule has 6 nitrogen and oxygen atoms in total. The van der Waals surface area contributed by atoms with Gasteiger partial charge in [0.05, 0.1) is 0 Å². The Labute approximate surface area is 90.9 Å². The van der Waals surface area contributed by atoms with Crippen LogP contribution >= 0.6 is 0 Å². The molecule has 0 amide bonds. The van der Waals surface area contributed by atoms with Crippen molar-refractivity contribution in [2.45, 2.75) is 13.3 Å². The second-order valence-corrected chi connectivity index (χ2v) is 3.08. The topological polar surface area (TPSA) is 89.1 Å². The number of pyridine rings is 1. The summed E-state index contributed by atoms with van der Waals surface area (Å²) in [5.74, 6) is -0.279. The van der Waals surface area contributed by atoms with Gasteiger partial charge in [-0.05, 0) is 12.1 Å². The molecule has 0 atom stereocenters. The highest BCUT2D eigenvalue weighted by atomic mass is 16.5. The summed E-state index contributed by atoms with van der Waals surface area (Å²) >= 11 is 0. The Balaban J connectivity index is 2.40. The zero-order chi connectivity index (χ0) is 11.5. The number of carboxylic acid groups (broad SMARTS) is 1. The molecule has 2 aromatic heterocycles. The van der Waals surface area contributed by atoms with Gasteiger partial charge in [0, 0.05) is 6.42 Å². The Morgan fingerprint density at radius 2 is 2.25 bits per heavy atom. The molecule has 0 unspecified atom stereocenters. The van der Waals surface area contributed by atoms with Crippen molar-refractivity contribution in [2.24, 2.45) is 0 Å². The van der Waals surface area contributed by atoms with E-state index >= 15 is 0 Å². The minimum Gasteiger partial charge on any atom is -0.477 e. The lowest BCUT2D eigenvalue weighted by molar-refractivity contribution is 0.0690. The summed E-state index contributed by atoms with van der Waals surface area (Å²) in [7, 11) is 0. The third-order valence-corrected chi connectivity index (χ3v) is 1.97. The molecule has 2 aromatic rings. The first-order valence-corrected chi connectivity index (χ1v) is 4.74. The lowest BCUT2D eigenvalue weighted by Crippen LogP contribution is -2.00. The molecule has 0 aromatic carbocycles. The third-order valence-electron chi connectivity index (χ3n) is 1.97. The van der Waals surface area contributed by atoms with E-state index in [9.17, 15) is 4.79 Å². The second-order valence-electron chi connectivity index (χ2n) is 3.08. The van der Waals surface area contributed by atoms with Crippen LogP contribution in [0.25, 0.3) is 11.5 Å². The Morgan fingerprint density at radius 3 is 2.88 bits per heavy atom. The summed E-state index contributed by atoms with van der Waals surface area (Å²) in [6.07, 6.45) is 0.631. The molecule has 82 valence electrons. The maximum absolute atomic E-state index is 10.7. The minimum absolute atomic E-state index is 0.0413. The number of hydrogen-bond acceptors (Lipinski definition) is 5. The smallest absolute Gasteiger partial charge is 0.354 e. The largest absolute Gasteiger partial charge is 0.477 e. The zero-order valence-electron chi connectivity index (χ0n) is 8.54. The van der Waals surface area contributed by atoms with E-state index in [1.165, 1.54) is 6.07 Å². The summed E-state index contributed by atoms with van der Waals surface area (Å²) in [4.78, 5) is 18.7. The number of carbonyl (C=O) groups is 1. The van der Waals surface area contributed by atoms with Gasteiger partial charge in [0.1, 0.15) is 11.4 Å². The molecule has 0 fully saturated rings. The first-order valence-electron chi connectivity index (χ1n) is 4.74. The van der Waals surface area contributed by atoms with Gasteiger partial charge in [-0.25, -0.2) is 9.78 Å². The van der Waals surface area contributed by atoms with Crippen molar-refractivity contribution in [3.63, 3.8) is 0 Å². The van der Waals surface area contributed by atoms with Gasteiger partial charge in [0.25, 0.3) is 0 Å². The average Bonchev–Trinajstić information content (AvgIpc) is 2.77. The van der Waals surface area contributed by atoms with E-state index in [0.29, 0.717) is 23.8 Å². The molecule has 0 aliphatic carbocycles. The predicted octanol–water partition coefficient (Wildman–Crippen LogP) is 1.39. The molecule has 1 N–H and O–H groups in total. The van der Waals surface area contributed by atoms with Gasteiger partial charge < -0.3 is 9.63 Å². The van der Waals surface area contributed by atoms with Crippen LogP contribution in [0.4, 0.5) is 0 Å². The fraction of sp³-hybridized carbons (Fsp3) is 0.200. The zero-order valence-corrected chi connectivity index (χ0v) is 8.54. The van der Waals surface area contributed by atoms with Crippen molar-refractivity contribution in [1.82, 2.24) is 15.1 Å². The van der Waals surface area contributed by atoms with E-state index in [0.717, 1.165) is 0 Å². The molecule has 16 heavy (non-hydrogen) atoms. The van der Waals surface area contributed by atoms with E-state index in [2.05, 4.69) is 15.1 Å². The number of nitrogens with zero attached hydrogens (tertiary/aromatic N) is 3. The van der Waals surface area contributed by atoms with Crippen LogP contribution in [0.1, 0.15) is 23.3 Å². The average molecular weight is 219 g/mol. The van der Waals surface area contributed by atoms with Crippen molar-refractivity contribution in [3.05, 3.63) is 29.8 Å². The molecule has 0 bridgehead atoms. The van der Waals surface area contributed by atoms with E-state index in [-0.39, 0.29) is 5.69 Å². The summed E-state index contributed by atoms with van der Waals surface area (Å²) in [6, 6.07) is 4.64.